The first-order valence-electron chi connectivity index (χ1n) is 12.1. The molecule has 1 aliphatic heterocycles. The zero-order chi connectivity index (χ0) is 23.8. The number of oxazole rings is 1. The molecule has 0 aliphatic carbocycles. The van der Waals surface area contributed by atoms with E-state index in [0.717, 1.165) is 73.2 Å². The quantitative estimate of drug-likeness (QED) is 0.507. The first-order valence-corrected chi connectivity index (χ1v) is 12.1. The third-order valence-corrected chi connectivity index (χ3v) is 6.10. The Kier molecular flexibility index (Phi) is 8.20. The van der Waals surface area contributed by atoms with Crippen LogP contribution in [-0.2, 0) is 17.8 Å². The molecule has 1 saturated heterocycles. The molecule has 180 valence electrons. The number of carbonyl (C=O) groups excluding carboxylic acids is 1. The van der Waals surface area contributed by atoms with E-state index in [-0.39, 0.29) is 12.5 Å². The van der Waals surface area contributed by atoms with Crippen LogP contribution in [0.5, 0.6) is 5.75 Å². The molecule has 3 aromatic rings. The van der Waals surface area contributed by atoms with Gasteiger partial charge in [-0.15, -0.1) is 0 Å². The van der Waals surface area contributed by atoms with Crippen LogP contribution in [0.25, 0.3) is 11.3 Å². The zero-order valence-corrected chi connectivity index (χ0v) is 20.1. The third-order valence-electron chi connectivity index (χ3n) is 6.10. The number of benzene rings is 2. The molecule has 0 unspecified atom stereocenters. The fourth-order valence-corrected chi connectivity index (χ4v) is 4.25. The van der Waals surface area contributed by atoms with Crippen LogP contribution in [0.1, 0.15) is 31.4 Å². The van der Waals surface area contributed by atoms with E-state index in [1.165, 1.54) is 0 Å². The van der Waals surface area contributed by atoms with Gasteiger partial charge in [0, 0.05) is 43.9 Å². The molecule has 1 N–H and O–H groups in total. The van der Waals surface area contributed by atoms with Crippen molar-refractivity contribution in [3.05, 3.63) is 66.2 Å². The number of ether oxygens (including phenoxy) is 1. The molecule has 0 radical (unpaired) electrons. The number of rotatable bonds is 9. The van der Waals surface area contributed by atoms with Crippen LogP contribution in [0.15, 0.2) is 59.0 Å². The van der Waals surface area contributed by atoms with E-state index in [0.29, 0.717) is 13.1 Å². The van der Waals surface area contributed by atoms with Gasteiger partial charge in [-0.3, -0.25) is 9.69 Å². The average Bonchev–Trinajstić information content (AvgIpc) is 3.11. The highest BCUT2D eigenvalue weighted by Gasteiger charge is 2.21. The molecule has 1 aromatic heterocycles. The van der Waals surface area contributed by atoms with Crippen LogP contribution in [0.3, 0.4) is 0 Å². The average molecular weight is 463 g/mol. The summed E-state index contributed by atoms with van der Waals surface area (Å²) in [7, 11) is 1.64. The lowest BCUT2D eigenvalue weighted by atomic mass is 10.1. The highest BCUT2D eigenvalue weighted by atomic mass is 16.5. The zero-order valence-electron chi connectivity index (χ0n) is 20.1. The Hall–Kier alpha value is -3.32. The predicted octanol–water partition coefficient (Wildman–Crippen LogP) is 4.45. The van der Waals surface area contributed by atoms with Crippen molar-refractivity contribution < 1.29 is 13.9 Å². The molecular weight excluding hydrogens is 428 g/mol. The van der Waals surface area contributed by atoms with Gasteiger partial charge in [0.2, 0.25) is 11.8 Å². The van der Waals surface area contributed by atoms with Crippen LogP contribution in [0.2, 0.25) is 0 Å². The van der Waals surface area contributed by atoms with Crippen LogP contribution >= 0.6 is 0 Å². The van der Waals surface area contributed by atoms with Crippen molar-refractivity contribution in [2.75, 3.05) is 45.2 Å². The molecule has 1 aliphatic rings. The maximum absolute atomic E-state index is 12.8. The van der Waals surface area contributed by atoms with Gasteiger partial charge in [0.05, 0.1) is 20.2 Å². The summed E-state index contributed by atoms with van der Waals surface area (Å²) < 4.78 is 11.4. The molecule has 2 aromatic carbocycles. The molecule has 0 bridgehead atoms. The van der Waals surface area contributed by atoms with Crippen molar-refractivity contribution in [1.29, 1.82) is 0 Å². The van der Waals surface area contributed by atoms with Gasteiger partial charge in [-0.05, 0) is 37.1 Å². The van der Waals surface area contributed by atoms with E-state index in [1.807, 2.05) is 47.4 Å². The topological polar surface area (TPSA) is 70.8 Å². The maximum atomic E-state index is 12.8. The largest absolute Gasteiger partial charge is 0.497 e. The number of aryl methyl sites for hydroxylation is 1. The Morgan fingerprint density at radius 2 is 1.85 bits per heavy atom. The Morgan fingerprint density at radius 3 is 2.59 bits per heavy atom. The minimum Gasteiger partial charge on any atom is -0.497 e. The lowest BCUT2D eigenvalue weighted by molar-refractivity contribution is -0.129. The number of carbonyl (C=O) groups is 1. The van der Waals surface area contributed by atoms with Crippen molar-refractivity contribution in [3.63, 3.8) is 0 Å². The van der Waals surface area contributed by atoms with E-state index >= 15 is 0 Å². The van der Waals surface area contributed by atoms with Gasteiger partial charge < -0.3 is 19.4 Å². The molecule has 1 amide bonds. The Morgan fingerprint density at radius 1 is 1.06 bits per heavy atom. The molecule has 0 saturated carbocycles. The van der Waals surface area contributed by atoms with Crippen LogP contribution < -0.4 is 10.1 Å². The van der Waals surface area contributed by atoms with Gasteiger partial charge in [-0.25, -0.2) is 4.98 Å². The smallest absolute Gasteiger partial charge is 0.241 e. The van der Waals surface area contributed by atoms with Crippen LogP contribution in [0.4, 0.5) is 5.69 Å². The summed E-state index contributed by atoms with van der Waals surface area (Å²) in [6, 6.07) is 17.8. The Bertz CT molecular complexity index is 1050. The fraction of sp³-hybridized carbons (Fsp3) is 0.407. The lowest BCUT2D eigenvalue weighted by Crippen LogP contribution is -2.38. The Labute approximate surface area is 201 Å². The van der Waals surface area contributed by atoms with Gasteiger partial charge >= 0.3 is 0 Å². The number of hydrogen-bond acceptors (Lipinski definition) is 6. The number of nitrogens with zero attached hydrogens (tertiary/aromatic N) is 3. The summed E-state index contributed by atoms with van der Waals surface area (Å²) >= 11 is 0. The Balaban J connectivity index is 1.32. The summed E-state index contributed by atoms with van der Waals surface area (Å²) in [4.78, 5) is 21.9. The molecule has 7 nitrogen and oxygen atoms in total. The number of methoxy groups -OCH3 is 1. The standard InChI is InChI=1S/C27H34N4O3/c1-3-8-24-27(21-9-5-4-6-10-21)29-25(34-24)20-30-15-7-16-31(18-17-30)26(32)19-28-22-11-13-23(33-2)14-12-22/h4-6,9-14,28H,3,7-8,15-20H2,1-2H3. The van der Waals surface area contributed by atoms with Gasteiger partial charge in [0.15, 0.2) is 0 Å². The number of hydrogen-bond donors (Lipinski definition) is 1. The molecule has 4 rings (SSSR count). The lowest BCUT2D eigenvalue weighted by Gasteiger charge is -2.21. The van der Waals surface area contributed by atoms with E-state index in [4.69, 9.17) is 14.1 Å². The summed E-state index contributed by atoms with van der Waals surface area (Å²) in [6.07, 6.45) is 2.82. The molecule has 7 heteroatoms. The van der Waals surface area contributed by atoms with Crippen molar-refractivity contribution in [2.45, 2.75) is 32.7 Å². The molecule has 34 heavy (non-hydrogen) atoms. The van der Waals surface area contributed by atoms with E-state index in [2.05, 4.69) is 29.3 Å². The fourth-order valence-electron chi connectivity index (χ4n) is 4.25. The van der Waals surface area contributed by atoms with Crippen LogP contribution in [0, 0.1) is 0 Å². The first kappa shape index (κ1) is 23.8. The van der Waals surface area contributed by atoms with Crippen molar-refractivity contribution in [1.82, 2.24) is 14.8 Å². The minimum atomic E-state index is 0.116. The van der Waals surface area contributed by atoms with Gasteiger partial charge in [0.1, 0.15) is 17.2 Å². The van der Waals surface area contributed by atoms with Crippen LogP contribution in [-0.4, -0.2) is 60.5 Å². The number of nitrogens with one attached hydrogen (secondary N) is 1. The van der Waals surface area contributed by atoms with Gasteiger partial charge in [0.25, 0.3) is 0 Å². The second-order valence-electron chi connectivity index (χ2n) is 8.59. The monoisotopic (exact) mass is 462 g/mol. The first-order chi connectivity index (χ1) is 16.7. The number of anilines is 1. The SMILES string of the molecule is CCCc1oc(CN2CCCN(C(=O)CNc3ccc(OC)cc3)CC2)nc1-c1ccccc1. The van der Waals surface area contributed by atoms with E-state index in [1.54, 1.807) is 7.11 Å². The molecule has 0 spiro atoms. The van der Waals surface area contributed by atoms with E-state index in [9.17, 15) is 4.79 Å². The summed E-state index contributed by atoms with van der Waals surface area (Å²) in [5.74, 6) is 2.63. The molecule has 0 atom stereocenters. The van der Waals surface area contributed by atoms with Crippen molar-refractivity contribution >= 4 is 11.6 Å². The molecular formula is C27H34N4O3. The summed E-state index contributed by atoms with van der Waals surface area (Å²) in [5, 5.41) is 3.22. The van der Waals surface area contributed by atoms with Crippen molar-refractivity contribution in [3.8, 4) is 17.0 Å². The maximum Gasteiger partial charge on any atom is 0.241 e. The summed E-state index contributed by atoms with van der Waals surface area (Å²) in [6.45, 7) is 6.30. The minimum absolute atomic E-state index is 0.116. The van der Waals surface area contributed by atoms with Gasteiger partial charge in [-0.2, -0.15) is 0 Å². The van der Waals surface area contributed by atoms with E-state index < -0.39 is 0 Å². The predicted molar refractivity (Wildman–Crippen MR) is 134 cm³/mol. The highest BCUT2D eigenvalue weighted by molar-refractivity contribution is 5.81. The number of amides is 1. The van der Waals surface area contributed by atoms with Crippen molar-refractivity contribution in [2.24, 2.45) is 0 Å². The number of aromatic nitrogens is 1. The molecule has 1 fully saturated rings. The normalized spacial score (nSPS) is 14.6. The van der Waals surface area contributed by atoms with Gasteiger partial charge in [-0.1, -0.05) is 37.3 Å². The third kappa shape index (κ3) is 6.17. The molecule has 2 heterocycles. The summed E-state index contributed by atoms with van der Waals surface area (Å²) in [5.41, 5.74) is 2.96. The second-order valence-corrected chi connectivity index (χ2v) is 8.59. The highest BCUT2D eigenvalue weighted by Crippen LogP contribution is 2.26. The second kappa shape index (κ2) is 11.7.